The summed E-state index contributed by atoms with van der Waals surface area (Å²) in [5, 5.41) is 4.07. The van der Waals surface area contributed by atoms with Gasteiger partial charge in [-0.3, -0.25) is 4.90 Å². The zero-order valence-corrected chi connectivity index (χ0v) is 12.2. The van der Waals surface area contributed by atoms with Crippen LogP contribution in [0.1, 0.15) is 36.8 Å². The summed E-state index contributed by atoms with van der Waals surface area (Å²) in [5.74, 6) is 0.990. The fourth-order valence-electron chi connectivity index (χ4n) is 2.53. The Morgan fingerprint density at radius 1 is 1.58 bits per heavy atom. The van der Waals surface area contributed by atoms with Crippen LogP contribution in [0.5, 0.6) is 0 Å². The van der Waals surface area contributed by atoms with Crippen LogP contribution in [0.4, 0.5) is 0 Å². The Morgan fingerprint density at radius 3 is 3.00 bits per heavy atom. The number of hydrogen-bond acceptors (Lipinski definition) is 5. The Hall–Kier alpha value is -0.920. The number of likely N-dealkylation sites (tertiary alicyclic amines) is 1. The number of hydrogen-bond donors (Lipinski definition) is 1. The SMILES string of the molecule is CNS(=O)(=O)CCCN1CCCC1c1cc(C)on1. The number of aryl methyl sites for hydroxylation is 1. The van der Waals surface area contributed by atoms with Crippen molar-refractivity contribution in [3.05, 3.63) is 17.5 Å². The highest BCUT2D eigenvalue weighted by Gasteiger charge is 2.28. The van der Waals surface area contributed by atoms with Gasteiger partial charge < -0.3 is 4.52 Å². The predicted molar refractivity (Wildman–Crippen MR) is 72.3 cm³/mol. The van der Waals surface area contributed by atoms with Crippen molar-refractivity contribution < 1.29 is 12.9 Å². The van der Waals surface area contributed by atoms with E-state index in [2.05, 4.69) is 14.8 Å². The highest BCUT2D eigenvalue weighted by molar-refractivity contribution is 7.89. The van der Waals surface area contributed by atoms with Crippen molar-refractivity contribution in [2.75, 3.05) is 25.9 Å². The molecule has 19 heavy (non-hydrogen) atoms. The lowest BCUT2D eigenvalue weighted by Gasteiger charge is -2.22. The number of sulfonamides is 1. The molecule has 0 saturated carbocycles. The Bertz CT molecular complexity index is 512. The molecule has 1 unspecified atom stereocenters. The zero-order valence-electron chi connectivity index (χ0n) is 11.4. The molecule has 0 aromatic carbocycles. The van der Waals surface area contributed by atoms with Gasteiger partial charge in [0.25, 0.3) is 0 Å². The van der Waals surface area contributed by atoms with Crippen LogP contribution in [-0.2, 0) is 10.0 Å². The average Bonchev–Trinajstić information content (AvgIpc) is 2.97. The molecule has 1 atom stereocenters. The van der Waals surface area contributed by atoms with Crippen LogP contribution in [0.15, 0.2) is 10.6 Å². The van der Waals surface area contributed by atoms with Gasteiger partial charge in [-0.25, -0.2) is 13.1 Å². The van der Waals surface area contributed by atoms with Gasteiger partial charge in [0.05, 0.1) is 11.8 Å². The Balaban J connectivity index is 1.89. The summed E-state index contributed by atoms with van der Waals surface area (Å²) in [7, 11) is -1.65. The first-order chi connectivity index (χ1) is 9.02. The van der Waals surface area contributed by atoms with Crippen LogP contribution >= 0.6 is 0 Å². The van der Waals surface area contributed by atoms with Gasteiger partial charge in [0, 0.05) is 6.07 Å². The molecule has 0 bridgehead atoms. The Labute approximate surface area is 114 Å². The van der Waals surface area contributed by atoms with E-state index in [1.54, 1.807) is 0 Å². The standard InChI is InChI=1S/C12H21N3O3S/c1-10-9-11(14-18-10)12-5-3-6-15(12)7-4-8-19(16,17)13-2/h9,12-13H,3-8H2,1-2H3. The topological polar surface area (TPSA) is 75.4 Å². The van der Waals surface area contributed by atoms with Crippen LogP contribution in [0.2, 0.25) is 0 Å². The molecule has 1 N–H and O–H groups in total. The van der Waals surface area contributed by atoms with Crippen molar-refractivity contribution >= 4 is 10.0 Å². The lowest BCUT2D eigenvalue weighted by atomic mass is 10.1. The fraction of sp³-hybridized carbons (Fsp3) is 0.750. The largest absolute Gasteiger partial charge is 0.361 e. The van der Waals surface area contributed by atoms with Crippen molar-refractivity contribution in [1.29, 1.82) is 0 Å². The summed E-state index contributed by atoms with van der Waals surface area (Å²) in [5.41, 5.74) is 0.964. The van der Waals surface area contributed by atoms with Crippen molar-refractivity contribution in [2.45, 2.75) is 32.2 Å². The van der Waals surface area contributed by atoms with E-state index in [9.17, 15) is 8.42 Å². The van der Waals surface area contributed by atoms with Crippen molar-refractivity contribution in [3.8, 4) is 0 Å². The molecule has 6 nitrogen and oxygen atoms in total. The third kappa shape index (κ3) is 3.77. The van der Waals surface area contributed by atoms with Crippen LogP contribution in [0.3, 0.4) is 0 Å². The molecule has 1 aromatic heterocycles. The Kier molecular flexibility index (Phi) is 4.59. The summed E-state index contributed by atoms with van der Waals surface area (Å²) in [6.07, 6.45) is 2.82. The third-order valence-electron chi connectivity index (χ3n) is 3.52. The number of aromatic nitrogens is 1. The van der Waals surface area contributed by atoms with Gasteiger partial charge in [0.2, 0.25) is 10.0 Å². The molecule has 0 radical (unpaired) electrons. The van der Waals surface area contributed by atoms with Gasteiger partial charge in [0.1, 0.15) is 11.5 Å². The summed E-state index contributed by atoms with van der Waals surface area (Å²) in [4.78, 5) is 2.29. The van der Waals surface area contributed by atoms with Crippen molar-refractivity contribution in [3.63, 3.8) is 0 Å². The number of rotatable bonds is 6. The van der Waals surface area contributed by atoms with Gasteiger partial charge >= 0.3 is 0 Å². The zero-order chi connectivity index (χ0) is 13.9. The summed E-state index contributed by atoms with van der Waals surface area (Å²) in [6.45, 7) is 3.66. The molecular weight excluding hydrogens is 266 g/mol. The number of nitrogens with one attached hydrogen (secondary N) is 1. The van der Waals surface area contributed by atoms with Gasteiger partial charge in [0.15, 0.2) is 0 Å². The second-order valence-corrected chi connectivity index (χ2v) is 6.98. The van der Waals surface area contributed by atoms with E-state index >= 15 is 0 Å². The molecule has 1 saturated heterocycles. The molecular formula is C12H21N3O3S. The number of nitrogens with zero attached hydrogens (tertiary/aromatic N) is 2. The van der Waals surface area contributed by atoms with Gasteiger partial charge in [-0.15, -0.1) is 0 Å². The molecule has 1 aliphatic rings. The third-order valence-corrected chi connectivity index (χ3v) is 4.97. The Morgan fingerprint density at radius 2 is 2.37 bits per heavy atom. The first-order valence-electron chi connectivity index (χ1n) is 6.60. The van der Waals surface area contributed by atoms with E-state index in [0.717, 1.165) is 37.4 Å². The fourth-order valence-corrected chi connectivity index (χ4v) is 3.24. The maximum Gasteiger partial charge on any atom is 0.211 e. The molecule has 1 fully saturated rings. The molecule has 108 valence electrons. The van der Waals surface area contributed by atoms with E-state index < -0.39 is 10.0 Å². The van der Waals surface area contributed by atoms with Crippen LogP contribution < -0.4 is 4.72 Å². The van der Waals surface area contributed by atoms with Crippen LogP contribution in [0, 0.1) is 6.92 Å². The van der Waals surface area contributed by atoms with Gasteiger partial charge in [-0.2, -0.15) is 0 Å². The average molecular weight is 287 g/mol. The molecule has 7 heteroatoms. The smallest absolute Gasteiger partial charge is 0.211 e. The quantitative estimate of drug-likeness (QED) is 0.846. The summed E-state index contributed by atoms with van der Waals surface area (Å²) in [6, 6.07) is 2.24. The first-order valence-corrected chi connectivity index (χ1v) is 8.25. The van der Waals surface area contributed by atoms with Crippen molar-refractivity contribution in [1.82, 2.24) is 14.8 Å². The highest BCUT2D eigenvalue weighted by atomic mass is 32.2. The maximum absolute atomic E-state index is 11.4. The minimum absolute atomic E-state index is 0.171. The first kappa shape index (κ1) is 14.5. The minimum atomic E-state index is -3.10. The van der Waals surface area contributed by atoms with E-state index in [-0.39, 0.29) is 11.8 Å². The predicted octanol–water partition coefficient (Wildman–Crippen LogP) is 1.06. The summed E-state index contributed by atoms with van der Waals surface area (Å²) >= 11 is 0. The lowest BCUT2D eigenvalue weighted by Crippen LogP contribution is -2.28. The van der Waals surface area contributed by atoms with E-state index in [1.807, 2.05) is 13.0 Å². The van der Waals surface area contributed by atoms with Crippen LogP contribution in [0.25, 0.3) is 0 Å². The molecule has 0 amide bonds. The second-order valence-electron chi connectivity index (χ2n) is 4.93. The molecule has 0 aliphatic carbocycles. The lowest BCUT2D eigenvalue weighted by molar-refractivity contribution is 0.245. The highest BCUT2D eigenvalue weighted by Crippen LogP contribution is 2.31. The van der Waals surface area contributed by atoms with Crippen molar-refractivity contribution in [2.24, 2.45) is 0 Å². The van der Waals surface area contributed by atoms with Crippen LogP contribution in [-0.4, -0.2) is 44.4 Å². The van der Waals surface area contributed by atoms with E-state index in [1.165, 1.54) is 7.05 Å². The molecule has 1 aliphatic heterocycles. The van der Waals surface area contributed by atoms with Gasteiger partial charge in [-0.05, 0) is 46.3 Å². The minimum Gasteiger partial charge on any atom is -0.361 e. The second kappa shape index (κ2) is 6.02. The molecule has 1 aromatic rings. The summed E-state index contributed by atoms with van der Waals surface area (Å²) < 4.78 is 30.2. The molecule has 0 spiro atoms. The maximum atomic E-state index is 11.4. The molecule has 2 rings (SSSR count). The molecule has 2 heterocycles. The normalized spacial score (nSPS) is 21.1. The van der Waals surface area contributed by atoms with E-state index in [4.69, 9.17) is 4.52 Å². The van der Waals surface area contributed by atoms with Gasteiger partial charge in [-0.1, -0.05) is 5.16 Å². The van der Waals surface area contributed by atoms with E-state index in [0.29, 0.717) is 6.42 Å². The monoisotopic (exact) mass is 287 g/mol.